The average molecular weight is 302 g/mol. The van der Waals surface area contributed by atoms with E-state index in [0.717, 1.165) is 11.3 Å². The Morgan fingerprint density at radius 1 is 1.41 bits per heavy atom. The molecule has 0 fully saturated rings. The van der Waals surface area contributed by atoms with Gasteiger partial charge in [0, 0.05) is 36.0 Å². The largest absolute Gasteiger partial charge is 0.345 e. The molecule has 0 saturated heterocycles. The summed E-state index contributed by atoms with van der Waals surface area (Å²) >= 11 is 0. The number of nitrogens with zero attached hydrogens (tertiary/aromatic N) is 3. The monoisotopic (exact) mass is 302 g/mol. The number of hydrogen-bond donors (Lipinski definition) is 1. The van der Waals surface area contributed by atoms with Crippen molar-refractivity contribution in [3.63, 3.8) is 0 Å². The van der Waals surface area contributed by atoms with Gasteiger partial charge in [-0.2, -0.15) is 5.10 Å². The zero-order valence-corrected chi connectivity index (χ0v) is 13.0. The van der Waals surface area contributed by atoms with Crippen molar-refractivity contribution in [2.24, 2.45) is 7.05 Å². The first kappa shape index (κ1) is 15.7. The SMILES string of the molecule is Cc1ccc(C(=O)NC(C)c2cn(C)nc2C)cc1[N+](=O)[O-]. The Hall–Kier alpha value is -2.70. The smallest absolute Gasteiger partial charge is 0.273 e. The third-order valence-corrected chi connectivity index (χ3v) is 3.53. The number of aryl methyl sites for hydroxylation is 3. The molecule has 1 amide bonds. The van der Waals surface area contributed by atoms with Crippen LogP contribution in [-0.2, 0) is 7.05 Å². The molecule has 116 valence electrons. The zero-order valence-electron chi connectivity index (χ0n) is 13.0. The molecular weight excluding hydrogens is 284 g/mol. The molecule has 1 unspecified atom stereocenters. The van der Waals surface area contributed by atoms with E-state index in [0.29, 0.717) is 5.56 Å². The van der Waals surface area contributed by atoms with E-state index in [1.807, 2.05) is 27.1 Å². The van der Waals surface area contributed by atoms with Crippen LogP contribution in [-0.4, -0.2) is 20.6 Å². The topological polar surface area (TPSA) is 90.1 Å². The number of carbonyl (C=O) groups is 1. The van der Waals surface area contributed by atoms with E-state index < -0.39 is 4.92 Å². The number of hydrogen-bond acceptors (Lipinski definition) is 4. The summed E-state index contributed by atoms with van der Waals surface area (Å²) in [5.41, 5.74) is 2.49. The van der Waals surface area contributed by atoms with Crippen LogP contribution < -0.4 is 5.32 Å². The summed E-state index contributed by atoms with van der Waals surface area (Å²) in [5.74, 6) is -0.348. The van der Waals surface area contributed by atoms with Crippen LogP contribution >= 0.6 is 0 Å². The van der Waals surface area contributed by atoms with Crippen molar-refractivity contribution < 1.29 is 9.72 Å². The van der Waals surface area contributed by atoms with Gasteiger partial charge in [0.05, 0.1) is 16.7 Å². The van der Waals surface area contributed by atoms with Crippen LogP contribution in [0.1, 0.15) is 40.1 Å². The quantitative estimate of drug-likeness (QED) is 0.693. The first-order valence-corrected chi connectivity index (χ1v) is 6.85. The van der Waals surface area contributed by atoms with Crippen LogP contribution in [0.15, 0.2) is 24.4 Å². The van der Waals surface area contributed by atoms with E-state index in [4.69, 9.17) is 0 Å². The highest BCUT2D eigenvalue weighted by Crippen LogP contribution is 2.21. The molecular formula is C15H18N4O3. The molecule has 0 spiro atoms. The summed E-state index contributed by atoms with van der Waals surface area (Å²) in [6, 6.07) is 4.22. The first-order chi connectivity index (χ1) is 10.3. The molecule has 1 N–H and O–H groups in total. The Morgan fingerprint density at radius 2 is 2.09 bits per heavy atom. The van der Waals surface area contributed by atoms with Crippen molar-refractivity contribution in [3.8, 4) is 0 Å². The molecule has 7 heteroatoms. The first-order valence-electron chi connectivity index (χ1n) is 6.85. The van der Waals surface area contributed by atoms with Crippen LogP contribution in [0.5, 0.6) is 0 Å². The highest BCUT2D eigenvalue weighted by Gasteiger charge is 2.18. The van der Waals surface area contributed by atoms with E-state index >= 15 is 0 Å². The lowest BCUT2D eigenvalue weighted by molar-refractivity contribution is -0.385. The molecule has 1 heterocycles. The molecule has 1 aromatic carbocycles. The lowest BCUT2D eigenvalue weighted by Crippen LogP contribution is -2.27. The maximum absolute atomic E-state index is 12.3. The average Bonchev–Trinajstić information content (AvgIpc) is 2.77. The van der Waals surface area contributed by atoms with Gasteiger partial charge in [0.25, 0.3) is 11.6 Å². The minimum absolute atomic E-state index is 0.0575. The summed E-state index contributed by atoms with van der Waals surface area (Å²) in [7, 11) is 1.81. The van der Waals surface area contributed by atoms with Crippen molar-refractivity contribution in [1.82, 2.24) is 15.1 Å². The predicted molar refractivity (Wildman–Crippen MR) is 81.7 cm³/mol. The molecule has 0 aliphatic rings. The number of nitro benzene ring substituents is 1. The third kappa shape index (κ3) is 3.13. The molecule has 22 heavy (non-hydrogen) atoms. The summed E-state index contributed by atoms with van der Waals surface area (Å²) in [6.45, 7) is 5.36. The third-order valence-electron chi connectivity index (χ3n) is 3.53. The molecule has 2 rings (SSSR count). The molecule has 0 aliphatic carbocycles. The fourth-order valence-electron chi connectivity index (χ4n) is 2.35. The Morgan fingerprint density at radius 3 is 2.64 bits per heavy atom. The molecule has 0 aliphatic heterocycles. The summed E-state index contributed by atoms with van der Waals surface area (Å²) < 4.78 is 1.68. The number of nitro groups is 1. The molecule has 1 atom stereocenters. The van der Waals surface area contributed by atoms with E-state index in [2.05, 4.69) is 10.4 Å². The van der Waals surface area contributed by atoms with Gasteiger partial charge >= 0.3 is 0 Å². The van der Waals surface area contributed by atoms with Crippen molar-refractivity contribution in [2.75, 3.05) is 0 Å². The number of nitrogens with one attached hydrogen (secondary N) is 1. The highest BCUT2D eigenvalue weighted by molar-refractivity contribution is 5.95. The van der Waals surface area contributed by atoms with Gasteiger partial charge in [0.15, 0.2) is 0 Å². The van der Waals surface area contributed by atoms with Crippen LogP contribution in [0.2, 0.25) is 0 Å². The lowest BCUT2D eigenvalue weighted by Gasteiger charge is -2.13. The summed E-state index contributed by atoms with van der Waals surface area (Å²) in [4.78, 5) is 22.7. The molecule has 0 saturated carbocycles. The van der Waals surface area contributed by atoms with E-state index in [1.54, 1.807) is 23.7 Å². The van der Waals surface area contributed by atoms with Gasteiger partial charge < -0.3 is 5.32 Å². The number of aromatic nitrogens is 2. The Balaban J connectivity index is 2.20. The van der Waals surface area contributed by atoms with Gasteiger partial charge in [-0.15, -0.1) is 0 Å². The maximum Gasteiger partial charge on any atom is 0.273 e. The number of benzene rings is 1. The van der Waals surface area contributed by atoms with Gasteiger partial charge in [-0.3, -0.25) is 19.6 Å². The maximum atomic E-state index is 12.3. The predicted octanol–water partition coefficient (Wildman–Crippen LogP) is 2.44. The molecule has 0 bridgehead atoms. The zero-order chi connectivity index (χ0) is 16.4. The van der Waals surface area contributed by atoms with Crippen LogP contribution in [0.4, 0.5) is 5.69 Å². The van der Waals surface area contributed by atoms with E-state index in [9.17, 15) is 14.9 Å². The van der Waals surface area contributed by atoms with Crippen LogP contribution in [0.25, 0.3) is 0 Å². The number of carbonyl (C=O) groups excluding carboxylic acids is 1. The molecule has 7 nitrogen and oxygen atoms in total. The Bertz CT molecular complexity index is 736. The minimum atomic E-state index is -0.485. The van der Waals surface area contributed by atoms with Crippen molar-refractivity contribution in [1.29, 1.82) is 0 Å². The fourth-order valence-corrected chi connectivity index (χ4v) is 2.35. The number of amides is 1. The molecule has 2 aromatic rings. The standard InChI is InChI=1S/C15H18N4O3/c1-9-5-6-12(7-14(9)19(21)22)15(20)16-10(2)13-8-18(4)17-11(13)3/h5-8,10H,1-4H3,(H,16,20). The van der Waals surface area contributed by atoms with Gasteiger partial charge in [0.1, 0.15) is 0 Å². The van der Waals surface area contributed by atoms with E-state index in [1.165, 1.54) is 6.07 Å². The molecule has 0 radical (unpaired) electrons. The van der Waals surface area contributed by atoms with Crippen molar-refractivity contribution >= 4 is 11.6 Å². The molecule has 1 aromatic heterocycles. The normalized spacial score (nSPS) is 12.0. The Kier molecular flexibility index (Phi) is 4.25. The summed E-state index contributed by atoms with van der Waals surface area (Å²) in [6.07, 6.45) is 1.85. The highest BCUT2D eigenvalue weighted by atomic mass is 16.6. The van der Waals surface area contributed by atoms with Crippen LogP contribution in [0, 0.1) is 24.0 Å². The van der Waals surface area contributed by atoms with E-state index in [-0.39, 0.29) is 23.2 Å². The van der Waals surface area contributed by atoms with Gasteiger partial charge in [-0.05, 0) is 26.8 Å². The van der Waals surface area contributed by atoms with Crippen LogP contribution in [0.3, 0.4) is 0 Å². The van der Waals surface area contributed by atoms with Gasteiger partial charge in [-0.25, -0.2) is 0 Å². The second-order valence-electron chi connectivity index (χ2n) is 5.30. The summed E-state index contributed by atoms with van der Waals surface area (Å²) in [5, 5.41) is 18.0. The van der Waals surface area contributed by atoms with Gasteiger partial charge in [0.2, 0.25) is 0 Å². The minimum Gasteiger partial charge on any atom is -0.345 e. The number of rotatable bonds is 4. The second kappa shape index (κ2) is 5.97. The fraction of sp³-hybridized carbons (Fsp3) is 0.333. The Labute approximate surface area is 128 Å². The lowest BCUT2D eigenvalue weighted by atomic mass is 10.1. The van der Waals surface area contributed by atoms with Crippen molar-refractivity contribution in [2.45, 2.75) is 26.8 Å². The second-order valence-corrected chi connectivity index (χ2v) is 5.30. The van der Waals surface area contributed by atoms with Gasteiger partial charge in [-0.1, -0.05) is 6.07 Å². The van der Waals surface area contributed by atoms with Crippen molar-refractivity contribution in [3.05, 3.63) is 56.9 Å².